The lowest BCUT2D eigenvalue weighted by Gasteiger charge is -2.34. The molecule has 0 aromatic carbocycles. The fraction of sp³-hybridized carbons (Fsp3) is 1.00. The molecule has 0 spiro atoms. The Morgan fingerprint density at radius 1 is 1.14 bits per heavy atom. The highest BCUT2D eigenvalue weighted by atomic mass is 16.5. The molecule has 2 nitrogen and oxygen atoms in total. The van der Waals surface area contributed by atoms with Gasteiger partial charge in [-0.15, -0.1) is 0 Å². The van der Waals surface area contributed by atoms with Crippen molar-refractivity contribution in [2.24, 2.45) is 0 Å². The van der Waals surface area contributed by atoms with Crippen LogP contribution in [-0.4, -0.2) is 23.4 Å². The second-order valence-electron chi connectivity index (χ2n) is 3.90. The van der Waals surface area contributed by atoms with Crippen LogP contribution >= 0.6 is 0 Å². The zero-order valence-corrected chi connectivity index (χ0v) is 10.2. The molecule has 0 radical (unpaired) electrons. The van der Waals surface area contributed by atoms with E-state index < -0.39 is 5.60 Å². The summed E-state index contributed by atoms with van der Waals surface area (Å²) in [6, 6.07) is 0. The van der Waals surface area contributed by atoms with E-state index in [0.29, 0.717) is 6.61 Å². The van der Waals surface area contributed by atoms with E-state index in [1.807, 2.05) is 20.8 Å². The summed E-state index contributed by atoms with van der Waals surface area (Å²) in [4.78, 5) is 0. The SMILES string of the molecule is CCCCC(OCC)C(O)(CC)CC. The molecular formula is C12H26O2. The first-order chi connectivity index (χ1) is 6.64. The summed E-state index contributed by atoms with van der Waals surface area (Å²) in [5, 5.41) is 10.3. The van der Waals surface area contributed by atoms with E-state index in [1.165, 1.54) is 0 Å². The highest BCUT2D eigenvalue weighted by Gasteiger charge is 2.33. The van der Waals surface area contributed by atoms with Gasteiger partial charge in [0.2, 0.25) is 0 Å². The summed E-state index contributed by atoms with van der Waals surface area (Å²) in [5.74, 6) is 0. The van der Waals surface area contributed by atoms with Crippen LogP contribution in [0.5, 0.6) is 0 Å². The molecule has 0 bridgehead atoms. The van der Waals surface area contributed by atoms with Crippen molar-refractivity contribution < 1.29 is 9.84 Å². The zero-order valence-electron chi connectivity index (χ0n) is 10.2. The first-order valence-corrected chi connectivity index (χ1v) is 5.98. The maximum atomic E-state index is 10.3. The second kappa shape index (κ2) is 7.24. The number of unbranched alkanes of at least 4 members (excludes halogenated alkanes) is 1. The average molecular weight is 202 g/mol. The third-order valence-electron chi connectivity index (χ3n) is 3.01. The van der Waals surface area contributed by atoms with Crippen LogP contribution in [0.3, 0.4) is 0 Å². The molecule has 1 unspecified atom stereocenters. The van der Waals surface area contributed by atoms with Crippen LogP contribution in [0.15, 0.2) is 0 Å². The normalized spacial score (nSPS) is 14.4. The molecule has 0 aliphatic heterocycles. The molecular weight excluding hydrogens is 176 g/mol. The highest BCUT2D eigenvalue weighted by Crippen LogP contribution is 2.26. The van der Waals surface area contributed by atoms with E-state index in [4.69, 9.17) is 4.74 Å². The number of rotatable bonds is 8. The van der Waals surface area contributed by atoms with Gasteiger partial charge >= 0.3 is 0 Å². The maximum absolute atomic E-state index is 10.3. The van der Waals surface area contributed by atoms with E-state index in [-0.39, 0.29) is 6.10 Å². The van der Waals surface area contributed by atoms with Crippen molar-refractivity contribution in [2.45, 2.75) is 71.5 Å². The summed E-state index contributed by atoms with van der Waals surface area (Å²) in [6.45, 7) is 8.91. The molecule has 86 valence electrons. The second-order valence-corrected chi connectivity index (χ2v) is 3.90. The molecule has 2 heteroatoms. The maximum Gasteiger partial charge on any atom is 0.0902 e. The minimum atomic E-state index is -0.620. The summed E-state index contributed by atoms with van der Waals surface area (Å²) in [6.07, 6.45) is 4.83. The molecule has 0 aliphatic rings. The Labute approximate surface area is 88.7 Å². The largest absolute Gasteiger partial charge is 0.387 e. The van der Waals surface area contributed by atoms with Crippen LogP contribution < -0.4 is 0 Å². The number of ether oxygens (including phenoxy) is 1. The van der Waals surface area contributed by atoms with E-state index >= 15 is 0 Å². The van der Waals surface area contributed by atoms with Gasteiger partial charge in [-0.1, -0.05) is 33.6 Å². The van der Waals surface area contributed by atoms with Crippen molar-refractivity contribution in [2.75, 3.05) is 6.61 Å². The topological polar surface area (TPSA) is 29.5 Å². The molecule has 0 amide bonds. The summed E-state index contributed by atoms with van der Waals surface area (Å²) in [5.41, 5.74) is -0.620. The Hall–Kier alpha value is -0.0800. The fourth-order valence-electron chi connectivity index (χ4n) is 1.80. The van der Waals surface area contributed by atoms with Crippen molar-refractivity contribution in [1.29, 1.82) is 0 Å². The van der Waals surface area contributed by atoms with Gasteiger partial charge in [-0.05, 0) is 26.2 Å². The van der Waals surface area contributed by atoms with Crippen LogP contribution in [-0.2, 0) is 4.74 Å². The van der Waals surface area contributed by atoms with E-state index in [9.17, 15) is 5.11 Å². The Kier molecular flexibility index (Phi) is 7.20. The van der Waals surface area contributed by atoms with Gasteiger partial charge in [0.15, 0.2) is 0 Å². The van der Waals surface area contributed by atoms with Gasteiger partial charge < -0.3 is 9.84 Å². The van der Waals surface area contributed by atoms with Gasteiger partial charge in [0.25, 0.3) is 0 Å². The highest BCUT2D eigenvalue weighted by molar-refractivity contribution is 4.85. The fourth-order valence-corrected chi connectivity index (χ4v) is 1.80. The van der Waals surface area contributed by atoms with Gasteiger partial charge in [0.1, 0.15) is 0 Å². The summed E-state index contributed by atoms with van der Waals surface area (Å²) < 4.78 is 5.64. The van der Waals surface area contributed by atoms with Gasteiger partial charge in [-0.25, -0.2) is 0 Å². The summed E-state index contributed by atoms with van der Waals surface area (Å²) in [7, 11) is 0. The first-order valence-electron chi connectivity index (χ1n) is 5.98. The monoisotopic (exact) mass is 202 g/mol. The lowest BCUT2D eigenvalue weighted by Crippen LogP contribution is -2.43. The van der Waals surface area contributed by atoms with Crippen LogP contribution in [0.25, 0.3) is 0 Å². The Morgan fingerprint density at radius 2 is 1.71 bits per heavy atom. The van der Waals surface area contributed by atoms with Gasteiger partial charge in [0.05, 0.1) is 11.7 Å². The van der Waals surface area contributed by atoms with E-state index in [0.717, 1.165) is 32.1 Å². The molecule has 0 heterocycles. The third kappa shape index (κ3) is 3.97. The molecule has 0 aromatic heterocycles. The van der Waals surface area contributed by atoms with Gasteiger partial charge in [-0.2, -0.15) is 0 Å². The van der Waals surface area contributed by atoms with E-state index in [2.05, 4.69) is 6.92 Å². The quantitative estimate of drug-likeness (QED) is 0.655. The van der Waals surface area contributed by atoms with Crippen LogP contribution in [0.2, 0.25) is 0 Å². The number of hydrogen-bond donors (Lipinski definition) is 1. The Balaban J connectivity index is 4.27. The predicted molar refractivity (Wildman–Crippen MR) is 60.5 cm³/mol. The van der Waals surface area contributed by atoms with Crippen LogP contribution in [0.4, 0.5) is 0 Å². The summed E-state index contributed by atoms with van der Waals surface area (Å²) >= 11 is 0. The molecule has 0 fully saturated rings. The van der Waals surface area contributed by atoms with Crippen molar-refractivity contribution in [3.8, 4) is 0 Å². The van der Waals surface area contributed by atoms with Crippen LogP contribution in [0.1, 0.15) is 59.8 Å². The molecule has 0 aliphatic carbocycles. The standard InChI is InChI=1S/C12H26O2/c1-5-9-10-11(14-8-4)12(13,6-2)7-3/h11,13H,5-10H2,1-4H3. The van der Waals surface area contributed by atoms with Gasteiger partial charge in [-0.3, -0.25) is 0 Å². The van der Waals surface area contributed by atoms with Gasteiger partial charge in [0, 0.05) is 6.61 Å². The zero-order chi connectivity index (χ0) is 11.0. The lowest BCUT2D eigenvalue weighted by molar-refractivity contribution is -0.114. The van der Waals surface area contributed by atoms with Crippen molar-refractivity contribution in [1.82, 2.24) is 0 Å². The van der Waals surface area contributed by atoms with Crippen LogP contribution in [0, 0.1) is 0 Å². The molecule has 0 aromatic rings. The molecule has 0 saturated carbocycles. The Morgan fingerprint density at radius 3 is 2.07 bits per heavy atom. The molecule has 0 rings (SSSR count). The third-order valence-corrected chi connectivity index (χ3v) is 3.01. The number of hydrogen-bond acceptors (Lipinski definition) is 2. The lowest BCUT2D eigenvalue weighted by atomic mass is 9.87. The molecule has 1 atom stereocenters. The smallest absolute Gasteiger partial charge is 0.0902 e. The van der Waals surface area contributed by atoms with Crippen molar-refractivity contribution >= 4 is 0 Å². The average Bonchev–Trinajstić information content (AvgIpc) is 2.23. The first kappa shape index (κ1) is 13.9. The molecule has 14 heavy (non-hydrogen) atoms. The molecule has 0 saturated heterocycles. The number of aliphatic hydroxyl groups is 1. The molecule has 1 N–H and O–H groups in total. The van der Waals surface area contributed by atoms with Crippen molar-refractivity contribution in [3.05, 3.63) is 0 Å². The predicted octanol–water partition coefficient (Wildman–Crippen LogP) is 3.13. The Bertz CT molecular complexity index is 130. The van der Waals surface area contributed by atoms with Crippen molar-refractivity contribution in [3.63, 3.8) is 0 Å². The minimum absolute atomic E-state index is 0.0162. The van der Waals surface area contributed by atoms with E-state index in [1.54, 1.807) is 0 Å². The minimum Gasteiger partial charge on any atom is -0.387 e.